The van der Waals surface area contributed by atoms with Crippen molar-refractivity contribution in [1.82, 2.24) is 0 Å². The normalized spacial score (nSPS) is 15.9. The van der Waals surface area contributed by atoms with E-state index in [1.807, 2.05) is 24.3 Å². The Balaban J connectivity index is 2.82. The van der Waals surface area contributed by atoms with Gasteiger partial charge in [0.25, 0.3) is 0 Å². The lowest BCUT2D eigenvalue weighted by Gasteiger charge is -2.01. The van der Waals surface area contributed by atoms with E-state index in [9.17, 15) is 9.59 Å². The minimum Gasteiger partial charge on any atom is -0.295 e. The van der Waals surface area contributed by atoms with Crippen molar-refractivity contribution < 1.29 is 9.59 Å². The third-order valence-electron chi connectivity index (χ3n) is 2.10. The number of hydrogen-bond donors (Lipinski definition) is 0. The smallest absolute Gasteiger partial charge is 0.156 e. The summed E-state index contributed by atoms with van der Waals surface area (Å²) >= 11 is 0. The van der Waals surface area contributed by atoms with Crippen LogP contribution in [0.3, 0.4) is 0 Å². The number of carbonyl (C=O) groups is 2. The lowest BCUT2D eigenvalue weighted by Crippen LogP contribution is -1.97. The second-order valence-corrected chi connectivity index (χ2v) is 3.50. The van der Waals surface area contributed by atoms with Gasteiger partial charge in [-0.15, -0.1) is 0 Å². The third kappa shape index (κ3) is 3.90. The molecule has 0 fully saturated rings. The monoisotopic (exact) mass is 202 g/mol. The number of ketones is 2. The van der Waals surface area contributed by atoms with Gasteiger partial charge in [-0.2, -0.15) is 0 Å². The first kappa shape index (κ1) is 11.4. The molecule has 15 heavy (non-hydrogen) atoms. The third-order valence-corrected chi connectivity index (χ3v) is 2.10. The van der Waals surface area contributed by atoms with Crippen molar-refractivity contribution in [2.75, 3.05) is 0 Å². The van der Waals surface area contributed by atoms with Crippen molar-refractivity contribution in [2.45, 2.75) is 20.3 Å². The van der Waals surface area contributed by atoms with Crippen LogP contribution >= 0.6 is 0 Å². The molecule has 0 aromatic rings. The van der Waals surface area contributed by atoms with Crippen LogP contribution in [0.1, 0.15) is 20.3 Å². The molecule has 0 heterocycles. The van der Waals surface area contributed by atoms with Gasteiger partial charge in [0.1, 0.15) is 0 Å². The van der Waals surface area contributed by atoms with Gasteiger partial charge in [0, 0.05) is 6.42 Å². The summed E-state index contributed by atoms with van der Waals surface area (Å²) in [7, 11) is 0. The van der Waals surface area contributed by atoms with Gasteiger partial charge in [0.15, 0.2) is 11.6 Å². The van der Waals surface area contributed by atoms with Crippen molar-refractivity contribution in [1.29, 1.82) is 0 Å². The maximum absolute atomic E-state index is 11.2. The summed E-state index contributed by atoms with van der Waals surface area (Å²) in [4.78, 5) is 22.0. The zero-order chi connectivity index (χ0) is 11.3. The minimum atomic E-state index is 0.0116. The van der Waals surface area contributed by atoms with Crippen molar-refractivity contribution in [3.05, 3.63) is 47.6 Å². The Morgan fingerprint density at radius 1 is 1.20 bits per heavy atom. The molecule has 0 bridgehead atoms. The van der Waals surface area contributed by atoms with E-state index in [2.05, 4.69) is 0 Å². The van der Waals surface area contributed by atoms with Crippen LogP contribution in [-0.4, -0.2) is 11.6 Å². The zero-order valence-corrected chi connectivity index (χ0v) is 8.99. The summed E-state index contributed by atoms with van der Waals surface area (Å²) in [5.41, 5.74) is 1.74. The van der Waals surface area contributed by atoms with Crippen LogP contribution in [0.25, 0.3) is 0 Å². The second-order valence-electron chi connectivity index (χ2n) is 3.50. The molecule has 2 heteroatoms. The van der Waals surface area contributed by atoms with Crippen molar-refractivity contribution in [2.24, 2.45) is 0 Å². The molecule has 0 aromatic carbocycles. The average Bonchev–Trinajstić information content (AvgIpc) is 2.39. The first-order chi connectivity index (χ1) is 7.09. The van der Waals surface area contributed by atoms with Crippen molar-refractivity contribution in [3.63, 3.8) is 0 Å². The maximum atomic E-state index is 11.2. The molecule has 1 aliphatic rings. The Morgan fingerprint density at radius 2 is 1.87 bits per heavy atom. The molecule has 0 atom stereocenters. The molecule has 0 aliphatic heterocycles. The molecule has 0 saturated heterocycles. The molecule has 1 aliphatic carbocycles. The summed E-state index contributed by atoms with van der Waals surface area (Å²) in [5.74, 6) is 0.0844. The molecule has 0 radical (unpaired) electrons. The van der Waals surface area contributed by atoms with Gasteiger partial charge in [-0.3, -0.25) is 9.59 Å². The highest BCUT2D eigenvalue weighted by atomic mass is 16.1. The van der Waals surface area contributed by atoms with Gasteiger partial charge >= 0.3 is 0 Å². The molecule has 0 saturated carbocycles. The van der Waals surface area contributed by atoms with Crippen molar-refractivity contribution >= 4 is 11.6 Å². The average molecular weight is 202 g/mol. The van der Waals surface area contributed by atoms with E-state index in [0.29, 0.717) is 6.42 Å². The highest BCUT2D eigenvalue weighted by molar-refractivity contribution is 5.94. The fourth-order valence-corrected chi connectivity index (χ4v) is 1.27. The molecule has 0 spiro atoms. The number of Topliss-reactive ketones (excluding diaryl/α,β-unsaturated/α-hetero) is 1. The van der Waals surface area contributed by atoms with E-state index < -0.39 is 0 Å². The van der Waals surface area contributed by atoms with Crippen LogP contribution in [0.5, 0.6) is 0 Å². The fraction of sp³-hybridized carbons (Fsp3) is 0.231. The van der Waals surface area contributed by atoms with Crippen LogP contribution in [0.4, 0.5) is 0 Å². The molecule has 0 N–H and O–H groups in total. The van der Waals surface area contributed by atoms with E-state index in [-0.39, 0.29) is 11.6 Å². The Morgan fingerprint density at radius 3 is 2.47 bits per heavy atom. The summed E-state index contributed by atoms with van der Waals surface area (Å²) in [5, 5.41) is 0. The van der Waals surface area contributed by atoms with E-state index in [4.69, 9.17) is 0 Å². The van der Waals surface area contributed by atoms with Gasteiger partial charge in [-0.05, 0) is 31.1 Å². The van der Waals surface area contributed by atoms with Crippen LogP contribution in [-0.2, 0) is 9.59 Å². The molecular formula is C13H14O2. The number of allylic oxidation sites excluding steroid dienone is 8. The highest BCUT2D eigenvalue weighted by Gasteiger charge is 2.06. The Hall–Kier alpha value is -1.70. The quantitative estimate of drug-likeness (QED) is 0.659. The predicted octanol–water partition coefficient (Wildman–Crippen LogP) is 2.53. The Bertz CT molecular complexity index is 393. The van der Waals surface area contributed by atoms with Gasteiger partial charge in [-0.25, -0.2) is 0 Å². The second kappa shape index (κ2) is 5.25. The lowest BCUT2D eigenvalue weighted by atomic mass is 10.0. The van der Waals surface area contributed by atoms with Gasteiger partial charge in [0.2, 0.25) is 0 Å². The summed E-state index contributed by atoms with van der Waals surface area (Å²) in [6.45, 7) is 3.06. The summed E-state index contributed by atoms with van der Waals surface area (Å²) < 4.78 is 0. The standard InChI is InChI=1S/C13H14O2/c1-10(14)7-8-12-5-3-4-6-13(9-12)11(2)15/h3-8H,9H2,1-2H3/b8-7+. The van der Waals surface area contributed by atoms with Crippen LogP contribution in [0.2, 0.25) is 0 Å². The van der Waals surface area contributed by atoms with E-state index in [1.54, 1.807) is 13.0 Å². The Labute approximate surface area is 89.7 Å². The topological polar surface area (TPSA) is 34.1 Å². The molecule has 1 rings (SSSR count). The molecule has 2 nitrogen and oxygen atoms in total. The number of hydrogen-bond acceptors (Lipinski definition) is 2. The lowest BCUT2D eigenvalue weighted by molar-refractivity contribution is -0.114. The van der Waals surface area contributed by atoms with E-state index >= 15 is 0 Å². The van der Waals surface area contributed by atoms with Crippen LogP contribution < -0.4 is 0 Å². The molecule has 0 aromatic heterocycles. The number of carbonyl (C=O) groups excluding carboxylic acids is 2. The van der Waals surface area contributed by atoms with Crippen LogP contribution in [0, 0.1) is 0 Å². The Kier molecular flexibility index (Phi) is 3.98. The van der Waals surface area contributed by atoms with Gasteiger partial charge in [-0.1, -0.05) is 30.4 Å². The van der Waals surface area contributed by atoms with Crippen LogP contribution in [0.15, 0.2) is 47.6 Å². The maximum Gasteiger partial charge on any atom is 0.156 e. The van der Waals surface area contributed by atoms with Gasteiger partial charge in [0.05, 0.1) is 0 Å². The minimum absolute atomic E-state index is 0.0116. The molecule has 78 valence electrons. The fourth-order valence-electron chi connectivity index (χ4n) is 1.27. The summed E-state index contributed by atoms with van der Waals surface area (Å²) in [6.07, 6.45) is 11.3. The largest absolute Gasteiger partial charge is 0.295 e. The first-order valence-electron chi connectivity index (χ1n) is 4.85. The zero-order valence-electron chi connectivity index (χ0n) is 8.99. The summed E-state index contributed by atoms with van der Waals surface area (Å²) in [6, 6.07) is 0. The van der Waals surface area contributed by atoms with E-state index in [0.717, 1.165) is 11.1 Å². The molecule has 0 unspecified atom stereocenters. The van der Waals surface area contributed by atoms with Crippen molar-refractivity contribution in [3.8, 4) is 0 Å². The first-order valence-corrected chi connectivity index (χ1v) is 4.85. The van der Waals surface area contributed by atoms with Gasteiger partial charge < -0.3 is 0 Å². The SMILES string of the molecule is CC(=O)/C=C/C1=CC=CC=C(C(C)=O)C1. The predicted molar refractivity (Wildman–Crippen MR) is 60.4 cm³/mol. The highest BCUT2D eigenvalue weighted by Crippen LogP contribution is 2.16. The molecule has 0 amide bonds. The molecular weight excluding hydrogens is 188 g/mol. The number of rotatable bonds is 3. The van der Waals surface area contributed by atoms with E-state index in [1.165, 1.54) is 13.0 Å².